The number of nitrogens with zero attached hydrogens (tertiary/aromatic N) is 4. The molecule has 0 saturated carbocycles. The predicted molar refractivity (Wildman–Crippen MR) is 130 cm³/mol. The highest BCUT2D eigenvalue weighted by Gasteiger charge is 2.40. The molecule has 3 aromatic rings. The van der Waals surface area contributed by atoms with Gasteiger partial charge in [-0.25, -0.2) is 0 Å². The van der Waals surface area contributed by atoms with Crippen LogP contribution >= 0.6 is 0 Å². The number of carbonyl (C=O) groups excluding carboxylic acids is 1. The molecule has 1 unspecified atom stereocenters. The van der Waals surface area contributed by atoms with Crippen molar-refractivity contribution in [3.05, 3.63) is 83.9 Å². The number of rotatable bonds is 4. The first-order chi connectivity index (χ1) is 16.4. The van der Waals surface area contributed by atoms with E-state index in [0.29, 0.717) is 42.9 Å². The summed E-state index contributed by atoms with van der Waals surface area (Å²) in [7, 11) is -3.80. The zero-order valence-corrected chi connectivity index (χ0v) is 20.0. The van der Waals surface area contributed by atoms with Crippen molar-refractivity contribution in [2.75, 3.05) is 17.4 Å². The third-order valence-corrected chi connectivity index (χ3v) is 8.79. The average molecular weight is 477 g/mol. The quantitative estimate of drug-likeness (QED) is 0.522. The number of anilines is 1. The third-order valence-electron chi connectivity index (χ3n) is 6.99. The molecule has 0 bridgehead atoms. The molecule has 0 radical (unpaired) electrons. The van der Waals surface area contributed by atoms with Crippen molar-refractivity contribution < 1.29 is 13.6 Å². The molecule has 176 valence electrons. The molecule has 0 N–H and O–H groups in total. The van der Waals surface area contributed by atoms with Gasteiger partial charge in [-0.3, -0.25) is 14.8 Å². The molecule has 7 nitrogen and oxygen atoms in total. The highest BCUT2D eigenvalue weighted by atomic mass is 32.3. The summed E-state index contributed by atoms with van der Waals surface area (Å²) in [5.41, 5.74) is 2.28. The number of hydrogen-bond donors (Lipinski definition) is 0. The number of hydrogen-bond acceptors (Lipinski definition) is 5. The summed E-state index contributed by atoms with van der Waals surface area (Å²) in [6, 6.07) is 15.0. The zero-order valence-electron chi connectivity index (χ0n) is 19.2. The first kappa shape index (κ1) is 22.7. The first-order valence-corrected chi connectivity index (χ1v) is 13.1. The van der Waals surface area contributed by atoms with Gasteiger partial charge in [0.05, 0.1) is 29.5 Å². The molecule has 1 aromatic carbocycles. The van der Waals surface area contributed by atoms with Crippen molar-refractivity contribution >= 4 is 22.0 Å². The Kier molecular flexibility index (Phi) is 5.95. The average Bonchev–Trinajstić information content (AvgIpc) is 2.89. The summed E-state index contributed by atoms with van der Waals surface area (Å²) in [4.78, 5) is 24.4. The number of likely N-dealkylation sites (tertiary alicyclic amines) is 1. The molecule has 1 amide bonds. The van der Waals surface area contributed by atoms with Crippen LogP contribution in [-0.2, 0) is 26.6 Å². The standard InChI is InChI=1S/C26H28N4O3S/c1-26(21-9-3-2-4-10-21)13-5-6-15-29(26)25(31)20-17-24-23(28-18-20)12-8-16-30(24)34(32,33)22-11-7-14-27-19-22/h2-4,7,9-11,14,17-19H,5-6,8,12-13,15-16H2,1H3/t26-/m0/s1. The topological polar surface area (TPSA) is 89.5 Å². The Labute approximate surface area is 201 Å². The van der Waals surface area contributed by atoms with Crippen molar-refractivity contribution in [2.24, 2.45) is 0 Å². The maximum absolute atomic E-state index is 13.8. The molecule has 5 rings (SSSR count). The van der Waals surface area contributed by atoms with Gasteiger partial charge >= 0.3 is 0 Å². The Morgan fingerprint density at radius 2 is 1.88 bits per heavy atom. The molecule has 2 aromatic heterocycles. The molecule has 1 saturated heterocycles. The lowest BCUT2D eigenvalue weighted by Gasteiger charge is -2.45. The first-order valence-electron chi connectivity index (χ1n) is 11.7. The number of sulfonamides is 1. The number of aromatic nitrogens is 2. The van der Waals surface area contributed by atoms with Crippen LogP contribution in [0, 0.1) is 0 Å². The number of carbonyl (C=O) groups is 1. The van der Waals surface area contributed by atoms with Gasteiger partial charge in [0.15, 0.2) is 15.3 Å². The van der Waals surface area contributed by atoms with Crippen molar-refractivity contribution in [2.45, 2.75) is 49.5 Å². The molecule has 0 spiro atoms. The fraction of sp³-hybridized carbons (Fsp3) is 0.346. The van der Waals surface area contributed by atoms with Crippen LogP contribution in [0.4, 0.5) is 5.69 Å². The number of fused-ring (bicyclic) bond motifs is 1. The summed E-state index contributed by atoms with van der Waals surface area (Å²) in [6.07, 6.45) is 8.71. The Bertz CT molecular complexity index is 1240. The van der Waals surface area contributed by atoms with Crippen LogP contribution in [0.25, 0.3) is 0 Å². The normalized spacial score (nSPS) is 22.1. The van der Waals surface area contributed by atoms with E-state index >= 15 is 0 Å². The van der Waals surface area contributed by atoms with E-state index < -0.39 is 15.9 Å². The van der Waals surface area contributed by atoms with E-state index in [9.17, 15) is 13.6 Å². The number of benzene rings is 1. The van der Waals surface area contributed by atoms with Crippen LogP contribution in [0.5, 0.6) is 0 Å². The minimum absolute atomic E-state index is 0.120. The molecule has 0 aliphatic carbocycles. The SMILES string of the molecule is C[C@@]1(c2ccccc2)CCCCN1C(=O)c1cnc2c(c1)N([S+](=O)([O-])c1cccnc1)CCC2. The molecule has 2 aliphatic heterocycles. The smallest absolute Gasteiger partial charge is 0.256 e. The largest absolute Gasteiger partial charge is 0.588 e. The second-order valence-electron chi connectivity index (χ2n) is 9.11. The number of aryl methyl sites for hydroxylation is 1. The summed E-state index contributed by atoms with van der Waals surface area (Å²) in [5, 5.41) is 0. The monoisotopic (exact) mass is 476 g/mol. The maximum Gasteiger partial charge on any atom is 0.256 e. The molecule has 2 atom stereocenters. The van der Waals surface area contributed by atoms with Gasteiger partial charge in [-0.1, -0.05) is 34.5 Å². The van der Waals surface area contributed by atoms with Gasteiger partial charge in [0, 0.05) is 18.9 Å². The Hall–Kier alpha value is -3.10. The highest BCUT2D eigenvalue weighted by Crippen LogP contribution is 2.39. The van der Waals surface area contributed by atoms with Crippen LogP contribution in [0.3, 0.4) is 0 Å². The lowest BCUT2D eigenvalue weighted by molar-refractivity contribution is 0.0363. The van der Waals surface area contributed by atoms with Crippen molar-refractivity contribution in [3.8, 4) is 0 Å². The highest BCUT2D eigenvalue weighted by molar-refractivity contribution is 7.99. The van der Waals surface area contributed by atoms with E-state index in [1.807, 2.05) is 23.1 Å². The fourth-order valence-corrected chi connectivity index (χ4v) is 6.58. The van der Waals surface area contributed by atoms with Crippen LogP contribution in [0.1, 0.15) is 54.2 Å². The van der Waals surface area contributed by atoms with Gasteiger partial charge < -0.3 is 9.45 Å². The van der Waals surface area contributed by atoms with Gasteiger partial charge in [0.2, 0.25) is 0 Å². The van der Waals surface area contributed by atoms with Gasteiger partial charge in [0.1, 0.15) is 5.69 Å². The van der Waals surface area contributed by atoms with E-state index in [4.69, 9.17) is 0 Å². The summed E-state index contributed by atoms with van der Waals surface area (Å²) in [5.74, 6) is -0.120. The minimum atomic E-state index is -3.80. The Balaban J connectivity index is 1.52. The molecular formula is C26H28N4O3S. The van der Waals surface area contributed by atoms with Gasteiger partial charge in [-0.05, 0) is 62.8 Å². The number of pyridine rings is 2. The van der Waals surface area contributed by atoms with Crippen LogP contribution in [-0.4, -0.2) is 38.4 Å². The number of amides is 1. The predicted octanol–water partition coefficient (Wildman–Crippen LogP) is 4.37. The van der Waals surface area contributed by atoms with E-state index in [2.05, 4.69) is 29.0 Å². The second-order valence-corrected chi connectivity index (χ2v) is 11.0. The molecular weight excluding hydrogens is 448 g/mol. The lowest BCUT2D eigenvalue weighted by atomic mass is 9.81. The van der Waals surface area contributed by atoms with Crippen LogP contribution < -0.4 is 4.31 Å². The van der Waals surface area contributed by atoms with E-state index in [-0.39, 0.29) is 10.8 Å². The minimum Gasteiger partial charge on any atom is -0.588 e. The van der Waals surface area contributed by atoms with Crippen molar-refractivity contribution in [1.29, 1.82) is 0 Å². The molecule has 2 aliphatic rings. The van der Waals surface area contributed by atoms with E-state index in [1.54, 1.807) is 24.5 Å². The summed E-state index contributed by atoms with van der Waals surface area (Å²) >= 11 is 0. The van der Waals surface area contributed by atoms with E-state index in [1.165, 1.54) is 16.6 Å². The third kappa shape index (κ3) is 3.91. The lowest BCUT2D eigenvalue weighted by Crippen LogP contribution is -2.50. The second kappa shape index (κ2) is 8.92. The van der Waals surface area contributed by atoms with Crippen LogP contribution in [0.2, 0.25) is 0 Å². The van der Waals surface area contributed by atoms with Crippen molar-refractivity contribution in [3.63, 3.8) is 0 Å². The summed E-state index contributed by atoms with van der Waals surface area (Å²) in [6.45, 7) is 3.11. The van der Waals surface area contributed by atoms with E-state index in [0.717, 1.165) is 24.8 Å². The Morgan fingerprint density at radius 1 is 1.06 bits per heavy atom. The molecule has 4 heterocycles. The zero-order chi connectivity index (χ0) is 23.8. The number of piperidine rings is 1. The van der Waals surface area contributed by atoms with Crippen molar-refractivity contribution in [1.82, 2.24) is 14.9 Å². The molecule has 1 fully saturated rings. The molecule has 34 heavy (non-hydrogen) atoms. The van der Waals surface area contributed by atoms with Crippen LogP contribution in [0.15, 0.2) is 72.0 Å². The van der Waals surface area contributed by atoms with Gasteiger partial charge in [-0.2, -0.15) is 4.31 Å². The fourth-order valence-electron chi connectivity index (χ4n) is 5.09. The van der Waals surface area contributed by atoms with Gasteiger partial charge in [0.25, 0.3) is 5.91 Å². The Morgan fingerprint density at radius 3 is 2.65 bits per heavy atom. The maximum atomic E-state index is 13.8. The molecule has 8 heteroatoms. The van der Waals surface area contributed by atoms with Gasteiger partial charge in [-0.15, -0.1) is 0 Å². The summed E-state index contributed by atoms with van der Waals surface area (Å²) < 4.78 is 28.1.